The number of ether oxygens (including phenoxy) is 2. The van der Waals surface area contributed by atoms with E-state index in [-0.39, 0.29) is 17.9 Å². The number of hydrogen-bond donors (Lipinski definition) is 3. The minimum Gasteiger partial charge on any atom is -0.504 e. The molecule has 0 saturated heterocycles. The van der Waals surface area contributed by atoms with E-state index in [4.69, 9.17) is 15.2 Å². The monoisotopic (exact) mass is 373 g/mol. The fraction of sp³-hybridized carbons (Fsp3) is 0.300. The van der Waals surface area contributed by atoms with Gasteiger partial charge in [-0.1, -0.05) is 24.3 Å². The SMILES string of the molecule is CC(OC(=O)c1ccccc1)[C@@H](C)OC(=O)[C@@H](N)Cc1ccc(O)c(O)c1. The standard InChI is InChI=1S/C20H23NO6/c1-12(26-19(24)15-6-4-3-5-7-15)13(2)27-20(25)16(21)10-14-8-9-17(22)18(23)11-14/h3-9,11-13,16,22-23H,10,21H2,1-2H3/t12?,13-,16+/m1/s1. The van der Waals surface area contributed by atoms with Crippen molar-refractivity contribution in [3.63, 3.8) is 0 Å². The first-order valence-electron chi connectivity index (χ1n) is 8.51. The van der Waals surface area contributed by atoms with Crippen LogP contribution in [0.1, 0.15) is 29.8 Å². The second kappa shape index (κ2) is 9.05. The van der Waals surface area contributed by atoms with E-state index in [9.17, 15) is 19.8 Å². The van der Waals surface area contributed by atoms with E-state index in [1.807, 2.05) is 0 Å². The maximum atomic E-state index is 12.2. The number of phenols is 2. The summed E-state index contributed by atoms with van der Waals surface area (Å²) in [5.74, 6) is -1.70. The van der Waals surface area contributed by atoms with Gasteiger partial charge in [0.1, 0.15) is 18.2 Å². The van der Waals surface area contributed by atoms with Gasteiger partial charge in [-0.3, -0.25) is 4.79 Å². The number of hydrogen-bond acceptors (Lipinski definition) is 7. The molecule has 4 N–H and O–H groups in total. The minimum atomic E-state index is -0.964. The average molecular weight is 373 g/mol. The number of rotatable bonds is 7. The van der Waals surface area contributed by atoms with E-state index < -0.39 is 30.2 Å². The van der Waals surface area contributed by atoms with Gasteiger partial charge in [-0.25, -0.2) is 4.79 Å². The number of carbonyl (C=O) groups excluding carboxylic acids is 2. The van der Waals surface area contributed by atoms with Crippen molar-refractivity contribution < 1.29 is 29.3 Å². The van der Waals surface area contributed by atoms with E-state index >= 15 is 0 Å². The van der Waals surface area contributed by atoms with Crippen molar-refractivity contribution >= 4 is 11.9 Å². The Labute approximate surface area is 157 Å². The number of esters is 2. The van der Waals surface area contributed by atoms with Gasteiger partial charge in [0, 0.05) is 0 Å². The van der Waals surface area contributed by atoms with Gasteiger partial charge in [-0.15, -0.1) is 0 Å². The number of aromatic hydroxyl groups is 2. The van der Waals surface area contributed by atoms with E-state index in [0.29, 0.717) is 11.1 Å². The van der Waals surface area contributed by atoms with Gasteiger partial charge in [0.15, 0.2) is 11.5 Å². The van der Waals surface area contributed by atoms with Gasteiger partial charge in [0.25, 0.3) is 0 Å². The van der Waals surface area contributed by atoms with Gasteiger partial charge in [-0.05, 0) is 50.1 Å². The summed E-state index contributed by atoms with van der Waals surface area (Å²) in [6.45, 7) is 3.24. The summed E-state index contributed by atoms with van der Waals surface area (Å²) in [5, 5.41) is 18.8. The molecule has 144 valence electrons. The number of carbonyl (C=O) groups is 2. The average Bonchev–Trinajstić information content (AvgIpc) is 2.65. The third kappa shape index (κ3) is 5.72. The molecule has 27 heavy (non-hydrogen) atoms. The Bertz CT molecular complexity index is 792. The lowest BCUT2D eigenvalue weighted by molar-refractivity contribution is -0.154. The molecule has 0 aliphatic heterocycles. The second-order valence-electron chi connectivity index (χ2n) is 6.25. The summed E-state index contributed by atoms with van der Waals surface area (Å²) in [5.41, 5.74) is 6.84. The lowest BCUT2D eigenvalue weighted by Gasteiger charge is -2.22. The molecule has 0 fully saturated rings. The van der Waals surface area contributed by atoms with Gasteiger partial charge in [0.05, 0.1) is 5.56 Å². The zero-order valence-electron chi connectivity index (χ0n) is 15.2. The summed E-state index contributed by atoms with van der Waals surface area (Å²) >= 11 is 0. The van der Waals surface area contributed by atoms with Crippen LogP contribution >= 0.6 is 0 Å². The third-order valence-electron chi connectivity index (χ3n) is 4.06. The highest BCUT2D eigenvalue weighted by atomic mass is 16.6. The molecule has 3 atom stereocenters. The van der Waals surface area contributed by atoms with E-state index in [0.717, 1.165) is 0 Å². The lowest BCUT2D eigenvalue weighted by Crippen LogP contribution is -2.39. The molecule has 0 spiro atoms. The molecule has 0 saturated carbocycles. The fourth-order valence-electron chi connectivity index (χ4n) is 2.31. The smallest absolute Gasteiger partial charge is 0.338 e. The molecule has 0 aromatic heterocycles. The summed E-state index contributed by atoms with van der Waals surface area (Å²) in [4.78, 5) is 24.2. The van der Waals surface area contributed by atoms with E-state index in [2.05, 4.69) is 0 Å². The van der Waals surface area contributed by atoms with Gasteiger partial charge >= 0.3 is 11.9 Å². The molecule has 0 heterocycles. The highest BCUT2D eigenvalue weighted by molar-refractivity contribution is 5.89. The van der Waals surface area contributed by atoms with E-state index in [1.165, 1.54) is 12.1 Å². The highest BCUT2D eigenvalue weighted by Crippen LogP contribution is 2.25. The first-order chi connectivity index (χ1) is 12.8. The van der Waals surface area contributed by atoms with Crippen LogP contribution in [0.3, 0.4) is 0 Å². The van der Waals surface area contributed by atoms with Crippen molar-refractivity contribution in [3.05, 3.63) is 59.7 Å². The topological polar surface area (TPSA) is 119 Å². The molecule has 2 aromatic rings. The Kier molecular flexibility index (Phi) is 6.79. The molecule has 0 bridgehead atoms. The minimum absolute atomic E-state index is 0.123. The molecule has 0 amide bonds. The van der Waals surface area contributed by atoms with Crippen LogP contribution < -0.4 is 5.73 Å². The van der Waals surface area contributed by atoms with Crippen LogP contribution in [-0.4, -0.2) is 40.4 Å². The molecule has 2 rings (SSSR count). The molecule has 1 unspecified atom stereocenters. The summed E-state index contributed by atoms with van der Waals surface area (Å²) in [7, 11) is 0. The second-order valence-corrected chi connectivity index (χ2v) is 6.25. The van der Waals surface area contributed by atoms with Crippen molar-refractivity contribution in [1.82, 2.24) is 0 Å². The molecule has 7 nitrogen and oxygen atoms in total. The van der Waals surface area contributed by atoms with Crippen molar-refractivity contribution in [2.24, 2.45) is 5.73 Å². The molecule has 2 aromatic carbocycles. The van der Waals surface area contributed by atoms with Gasteiger partial charge in [0.2, 0.25) is 0 Å². The fourth-order valence-corrected chi connectivity index (χ4v) is 2.31. The van der Waals surface area contributed by atoms with Crippen LogP contribution in [-0.2, 0) is 20.7 Å². The van der Waals surface area contributed by atoms with Crippen LogP contribution in [0.4, 0.5) is 0 Å². The van der Waals surface area contributed by atoms with Crippen molar-refractivity contribution in [3.8, 4) is 11.5 Å². The lowest BCUT2D eigenvalue weighted by atomic mass is 10.1. The normalized spacial score (nSPS) is 14.0. The Hall–Kier alpha value is -3.06. The molecular weight excluding hydrogens is 350 g/mol. The Morgan fingerprint density at radius 2 is 1.59 bits per heavy atom. The molecule has 7 heteroatoms. The molecule has 0 radical (unpaired) electrons. The zero-order chi connectivity index (χ0) is 20.0. The van der Waals surface area contributed by atoms with Crippen LogP contribution in [0.25, 0.3) is 0 Å². The largest absolute Gasteiger partial charge is 0.504 e. The number of phenolic OH excluding ortho intramolecular Hbond substituents is 2. The highest BCUT2D eigenvalue weighted by Gasteiger charge is 2.24. The quantitative estimate of drug-likeness (QED) is 0.502. The van der Waals surface area contributed by atoms with Crippen molar-refractivity contribution in [1.29, 1.82) is 0 Å². The Balaban J connectivity index is 1.87. The third-order valence-corrected chi connectivity index (χ3v) is 4.06. The zero-order valence-corrected chi connectivity index (χ0v) is 15.2. The summed E-state index contributed by atoms with van der Waals surface area (Å²) < 4.78 is 10.6. The van der Waals surface area contributed by atoms with E-state index in [1.54, 1.807) is 50.2 Å². The van der Waals surface area contributed by atoms with Gasteiger partial charge < -0.3 is 25.4 Å². The summed E-state index contributed by atoms with van der Waals surface area (Å²) in [6.07, 6.45) is -1.23. The van der Waals surface area contributed by atoms with Gasteiger partial charge in [-0.2, -0.15) is 0 Å². The van der Waals surface area contributed by atoms with Crippen LogP contribution in [0.15, 0.2) is 48.5 Å². The maximum absolute atomic E-state index is 12.2. The molecule has 0 aliphatic carbocycles. The van der Waals surface area contributed by atoms with Crippen molar-refractivity contribution in [2.45, 2.75) is 38.5 Å². The van der Waals surface area contributed by atoms with Crippen molar-refractivity contribution in [2.75, 3.05) is 0 Å². The first kappa shape index (κ1) is 20.3. The van der Waals surface area contributed by atoms with Crippen LogP contribution in [0.5, 0.6) is 11.5 Å². The molecule has 0 aliphatic rings. The molecular formula is C20H23NO6. The Morgan fingerprint density at radius 1 is 0.963 bits per heavy atom. The Morgan fingerprint density at radius 3 is 2.22 bits per heavy atom. The van der Waals surface area contributed by atoms with Crippen LogP contribution in [0.2, 0.25) is 0 Å². The number of benzene rings is 2. The maximum Gasteiger partial charge on any atom is 0.338 e. The predicted octanol–water partition coefficient (Wildman–Crippen LogP) is 2.14. The number of nitrogens with two attached hydrogens (primary N) is 1. The first-order valence-corrected chi connectivity index (χ1v) is 8.51. The predicted molar refractivity (Wildman–Crippen MR) is 98.3 cm³/mol. The summed E-state index contributed by atoms with van der Waals surface area (Å²) in [6, 6.07) is 11.7. The van der Waals surface area contributed by atoms with Crippen LogP contribution in [0, 0.1) is 0 Å².